The van der Waals surface area contributed by atoms with E-state index >= 15 is 0 Å². The predicted molar refractivity (Wildman–Crippen MR) is 272 cm³/mol. The van der Waals surface area contributed by atoms with Crippen LogP contribution < -0.4 is 16.4 Å². The number of amides is 4. The van der Waals surface area contributed by atoms with Crippen LogP contribution in [0.15, 0.2) is 60.7 Å². The van der Waals surface area contributed by atoms with Crippen LogP contribution in [0, 0.1) is 5.92 Å². The molecule has 0 unspecified atom stereocenters. The van der Waals surface area contributed by atoms with Gasteiger partial charge in [0.15, 0.2) is 0 Å². The van der Waals surface area contributed by atoms with Crippen LogP contribution in [0.1, 0.15) is 107 Å². The van der Waals surface area contributed by atoms with Crippen molar-refractivity contribution in [3.05, 3.63) is 71.8 Å². The van der Waals surface area contributed by atoms with Gasteiger partial charge in [-0.05, 0) is 91.2 Å². The molecule has 4 amide bonds. The minimum absolute atomic E-state index is 0.106. The Hall–Kier alpha value is -4.87. The molecular formula is C51H88N6O10Si. The van der Waals surface area contributed by atoms with Crippen molar-refractivity contribution >= 4 is 38.4 Å². The van der Waals surface area contributed by atoms with Crippen LogP contribution in [0.2, 0.25) is 25.7 Å². The van der Waals surface area contributed by atoms with Gasteiger partial charge in [0, 0.05) is 52.3 Å². The van der Waals surface area contributed by atoms with E-state index in [1.54, 1.807) is 9.80 Å². The van der Waals surface area contributed by atoms with Crippen molar-refractivity contribution in [2.45, 2.75) is 164 Å². The summed E-state index contributed by atoms with van der Waals surface area (Å²) in [5.74, 6) is -0.622. The number of hydrogen-bond donors (Lipinski definition) is 3. The zero-order valence-electron chi connectivity index (χ0n) is 44.0. The molecule has 4 N–H and O–H groups in total. The summed E-state index contributed by atoms with van der Waals surface area (Å²) in [6.07, 6.45) is -0.698. The molecule has 17 heteroatoms. The summed E-state index contributed by atoms with van der Waals surface area (Å²) in [7, 11) is -1.32. The highest BCUT2D eigenvalue weighted by Crippen LogP contribution is 2.24. The first kappa shape index (κ1) is 61.1. The molecule has 2 aliphatic rings. The van der Waals surface area contributed by atoms with E-state index in [9.17, 15) is 24.0 Å². The number of nitrogens with zero attached hydrogens (tertiary/aromatic N) is 3. The standard InChI is InChI=1S/C25H40N2O6Si.C18H27N3O4.C6H15N.C2H6/c1-25(2,3)33-24(30)27-13-12-21(26-23(29)32-18-19-10-8-7-9-11-19)20(17-27)16-22(28)31-14-15-34(4,5)6;1-18(2,3)25-17(23)21-10-9-15(14(19)11-21)20-16(22)24-12-13-7-5-4-6-8-13;1-4-7(5-2)6-3;1-2/h7-11,20-21H,12-18H2,1-6H3,(H,26,29);4-8,14-15H,9-12,19H2,1-3H3,(H,20,22);4-6H2,1-3H3;1-2H3/t20-,21+;14-,15+;;/m00../s1. The van der Waals surface area contributed by atoms with Gasteiger partial charge in [-0.15, -0.1) is 0 Å². The second kappa shape index (κ2) is 31.3. The van der Waals surface area contributed by atoms with Crippen LogP contribution in [-0.2, 0) is 41.7 Å². The van der Waals surface area contributed by atoms with Crippen LogP contribution >= 0.6 is 0 Å². The lowest BCUT2D eigenvalue weighted by molar-refractivity contribution is -0.145. The smallest absolute Gasteiger partial charge is 0.410 e. The molecule has 0 radical (unpaired) electrons. The van der Waals surface area contributed by atoms with Gasteiger partial charge < -0.3 is 54.8 Å². The van der Waals surface area contributed by atoms with Gasteiger partial charge in [-0.1, -0.05) is 115 Å². The van der Waals surface area contributed by atoms with Gasteiger partial charge in [0.1, 0.15) is 24.4 Å². The topological polar surface area (TPSA) is 191 Å². The van der Waals surface area contributed by atoms with E-state index in [0.29, 0.717) is 45.6 Å². The molecule has 2 fully saturated rings. The highest BCUT2D eigenvalue weighted by molar-refractivity contribution is 6.76. The highest BCUT2D eigenvalue weighted by Gasteiger charge is 2.37. The summed E-state index contributed by atoms with van der Waals surface area (Å²) >= 11 is 0. The number of hydrogen-bond acceptors (Lipinski definition) is 12. The van der Waals surface area contributed by atoms with E-state index in [1.165, 1.54) is 19.6 Å². The van der Waals surface area contributed by atoms with Crippen molar-refractivity contribution in [2.24, 2.45) is 11.7 Å². The minimum atomic E-state index is -1.32. The number of carbonyl (C=O) groups excluding carboxylic acids is 5. The van der Waals surface area contributed by atoms with Gasteiger partial charge in [-0.2, -0.15) is 0 Å². The first-order valence-corrected chi connectivity index (χ1v) is 28.2. The van der Waals surface area contributed by atoms with E-state index in [2.05, 4.69) is 55.9 Å². The number of likely N-dealkylation sites (tertiary alicyclic amines) is 2. The SMILES string of the molecule is CC.CC(C)(C)OC(=O)N1CC[C@@H](NC(=O)OCc2ccccc2)[C@@H](CC(=O)OCC[Si](C)(C)C)C1.CC(C)(C)OC(=O)N1CC[C@@H](NC(=O)OCc2ccccc2)[C@@H](N)C1.CCN(CC)CC. The number of nitrogens with two attached hydrogens (primary N) is 1. The third kappa shape index (κ3) is 27.2. The van der Waals surface area contributed by atoms with Crippen molar-refractivity contribution in [2.75, 3.05) is 52.4 Å². The lowest BCUT2D eigenvalue weighted by Gasteiger charge is -2.38. The Bertz CT molecular complexity index is 1740. The molecule has 2 heterocycles. The van der Waals surface area contributed by atoms with E-state index < -0.39 is 37.6 Å². The lowest BCUT2D eigenvalue weighted by Crippen LogP contribution is -2.59. The van der Waals surface area contributed by atoms with E-state index in [-0.39, 0.29) is 55.7 Å². The fourth-order valence-corrected chi connectivity index (χ4v) is 7.54. The van der Waals surface area contributed by atoms with Crippen molar-refractivity contribution in [3.63, 3.8) is 0 Å². The Labute approximate surface area is 409 Å². The van der Waals surface area contributed by atoms with Crippen LogP contribution in [0.25, 0.3) is 0 Å². The number of rotatable bonds is 14. The maximum absolute atomic E-state index is 12.6. The molecule has 386 valence electrons. The number of carbonyl (C=O) groups is 5. The third-order valence-corrected chi connectivity index (χ3v) is 12.3. The van der Waals surface area contributed by atoms with Crippen LogP contribution in [0.4, 0.5) is 19.2 Å². The van der Waals surface area contributed by atoms with Crippen molar-refractivity contribution in [1.82, 2.24) is 25.3 Å². The molecule has 4 atom stereocenters. The maximum atomic E-state index is 12.6. The first-order valence-electron chi connectivity index (χ1n) is 24.5. The lowest BCUT2D eigenvalue weighted by atomic mass is 9.89. The highest BCUT2D eigenvalue weighted by atomic mass is 28.3. The Morgan fingerprint density at radius 2 is 1.07 bits per heavy atom. The van der Waals surface area contributed by atoms with Crippen molar-refractivity contribution in [1.29, 1.82) is 0 Å². The van der Waals surface area contributed by atoms with Gasteiger partial charge in [-0.25, -0.2) is 19.2 Å². The van der Waals surface area contributed by atoms with Gasteiger partial charge in [0.05, 0.1) is 19.1 Å². The Kier molecular flexibility index (Phi) is 28.1. The molecule has 2 aromatic carbocycles. The second-order valence-corrected chi connectivity index (χ2v) is 25.5. The van der Waals surface area contributed by atoms with Crippen molar-refractivity contribution < 1.29 is 47.7 Å². The van der Waals surface area contributed by atoms with Gasteiger partial charge in [0.25, 0.3) is 0 Å². The predicted octanol–water partition coefficient (Wildman–Crippen LogP) is 9.43. The number of alkyl carbamates (subject to hydrolysis) is 2. The summed E-state index contributed by atoms with van der Waals surface area (Å²) in [5.41, 5.74) is 6.76. The number of benzene rings is 2. The Balaban J connectivity index is 0.000000594. The van der Waals surface area contributed by atoms with E-state index in [1.807, 2.05) is 116 Å². The van der Waals surface area contributed by atoms with Crippen LogP contribution in [0.3, 0.4) is 0 Å². The molecule has 0 bridgehead atoms. The third-order valence-electron chi connectivity index (χ3n) is 10.6. The molecule has 0 aromatic heterocycles. The average molecular weight is 973 g/mol. The summed E-state index contributed by atoms with van der Waals surface area (Å²) in [4.78, 5) is 67.2. The largest absolute Gasteiger partial charge is 0.466 e. The fourth-order valence-electron chi connectivity index (χ4n) is 6.82. The van der Waals surface area contributed by atoms with Gasteiger partial charge >= 0.3 is 30.3 Å². The zero-order chi connectivity index (χ0) is 51.5. The van der Waals surface area contributed by atoms with Crippen LogP contribution in [-0.4, -0.2) is 135 Å². The summed E-state index contributed by atoms with van der Waals surface area (Å²) in [6.45, 7) is 34.0. The normalized spacial score (nSPS) is 18.1. The number of piperidine rings is 2. The quantitative estimate of drug-likeness (QED) is 0.0925. The average Bonchev–Trinajstić information content (AvgIpc) is 3.27. The monoisotopic (exact) mass is 973 g/mol. The van der Waals surface area contributed by atoms with Gasteiger partial charge in [0.2, 0.25) is 0 Å². The first-order chi connectivity index (χ1) is 31.9. The zero-order valence-corrected chi connectivity index (χ0v) is 45.0. The maximum Gasteiger partial charge on any atom is 0.410 e. The Morgan fingerprint density at radius 1 is 0.662 bits per heavy atom. The summed E-state index contributed by atoms with van der Waals surface area (Å²) in [5, 5.41) is 5.67. The summed E-state index contributed by atoms with van der Waals surface area (Å²) in [6, 6.07) is 18.8. The molecule has 2 saturated heterocycles. The number of esters is 1. The second-order valence-electron chi connectivity index (χ2n) is 19.8. The van der Waals surface area contributed by atoms with Crippen molar-refractivity contribution in [3.8, 4) is 0 Å². The fraction of sp³-hybridized carbons (Fsp3) is 0.667. The van der Waals surface area contributed by atoms with E-state index in [4.69, 9.17) is 29.4 Å². The number of nitrogens with one attached hydrogen (secondary N) is 2. The van der Waals surface area contributed by atoms with E-state index in [0.717, 1.165) is 17.2 Å². The molecule has 16 nitrogen and oxygen atoms in total. The summed E-state index contributed by atoms with van der Waals surface area (Å²) < 4.78 is 26.9. The molecule has 0 spiro atoms. The molecule has 68 heavy (non-hydrogen) atoms. The molecule has 0 aliphatic carbocycles. The minimum Gasteiger partial charge on any atom is -0.466 e. The number of ether oxygens (including phenoxy) is 5. The van der Waals surface area contributed by atoms with Crippen LogP contribution in [0.5, 0.6) is 0 Å². The Morgan fingerprint density at radius 3 is 1.46 bits per heavy atom. The molecule has 2 aromatic rings. The van der Waals surface area contributed by atoms with Gasteiger partial charge in [-0.3, -0.25) is 4.79 Å². The molecule has 0 saturated carbocycles. The molecule has 4 rings (SSSR count). The molecule has 2 aliphatic heterocycles. The molecular weight excluding hydrogens is 885 g/mol.